The van der Waals surface area contributed by atoms with E-state index in [0.29, 0.717) is 10.2 Å². The number of halogens is 3. The van der Waals surface area contributed by atoms with Crippen molar-refractivity contribution in [3.63, 3.8) is 0 Å². The molecule has 0 spiro atoms. The van der Waals surface area contributed by atoms with Gasteiger partial charge in [0.15, 0.2) is 11.6 Å². The average molecular weight is 301 g/mol. The molecule has 7 heteroatoms. The Bertz CT molecular complexity index is 562. The molecule has 3 N–H and O–H groups in total. The molecule has 0 aliphatic heterocycles. The van der Waals surface area contributed by atoms with Crippen molar-refractivity contribution in [2.75, 3.05) is 11.1 Å². The van der Waals surface area contributed by atoms with Gasteiger partial charge in [0.1, 0.15) is 5.82 Å². The van der Waals surface area contributed by atoms with Gasteiger partial charge in [-0.3, -0.25) is 0 Å². The van der Waals surface area contributed by atoms with Crippen LogP contribution in [0, 0.1) is 11.6 Å². The topological polar surface area (TPSA) is 63.8 Å². The molecule has 2 aromatic rings. The molecule has 0 radical (unpaired) electrons. The molecule has 0 aliphatic carbocycles. The molecule has 0 amide bonds. The Morgan fingerprint density at radius 2 is 2.00 bits per heavy atom. The van der Waals surface area contributed by atoms with Crippen molar-refractivity contribution >= 4 is 33.4 Å². The molecule has 4 nitrogen and oxygen atoms in total. The van der Waals surface area contributed by atoms with Crippen molar-refractivity contribution in [3.05, 3.63) is 40.5 Å². The Morgan fingerprint density at radius 1 is 1.24 bits per heavy atom. The minimum atomic E-state index is -0.664. The van der Waals surface area contributed by atoms with E-state index in [0.717, 1.165) is 6.20 Å². The molecule has 0 saturated carbocycles. The smallest absolute Gasteiger partial charge is 0.222 e. The Kier molecular flexibility index (Phi) is 3.19. The summed E-state index contributed by atoms with van der Waals surface area (Å²) in [5.41, 5.74) is 5.69. The van der Waals surface area contributed by atoms with Gasteiger partial charge in [-0.2, -0.15) is 4.98 Å². The van der Waals surface area contributed by atoms with Crippen molar-refractivity contribution in [2.24, 2.45) is 0 Å². The molecule has 1 aromatic carbocycles. The summed E-state index contributed by atoms with van der Waals surface area (Å²) < 4.78 is 26.8. The van der Waals surface area contributed by atoms with Gasteiger partial charge < -0.3 is 11.1 Å². The van der Waals surface area contributed by atoms with E-state index < -0.39 is 11.6 Å². The number of nitrogens with one attached hydrogen (secondary N) is 1. The molecule has 0 saturated heterocycles. The van der Waals surface area contributed by atoms with E-state index in [2.05, 4.69) is 31.2 Å². The number of hydrogen-bond acceptors (Lipinski definition) is 4. The van der Waals surface area contributed by atoms with Crippen LogP contribution < -0.4 is 11.1 Å². The fourth-order valence-corrected chi connectivity index (χ4v) is 1.43. The van der Waals surface area contributed by atoms with Crippen LogP contribution in [0.25, 0.3) is 0 Å². The van der Waals surface area contributed by atoms with E-state index >= 15 is 0 Å². The molecule has 0 aliphatic rings. The Morgan fingerprint density at radius 3 is 2.71 bits per heavy atom. The van der Waals surface area contributed by atoms with E-state index in [1.54, 1.807) is 6.07 Å². The molecular weight excluding hydrogens is 294 g/mol. The molecule has 0 atom stereocenters. The molecule has 0 bridgehead atoms. The monoisotopic (exact) mass is 300 g/mol. The molecule has 2 rings (SSSR count). The number of aromatic nitrogens is 2. The summed E-state index contributed by atoms with van der Waals surface area (Å²) >= 11 is 3.02. The lowest BCUT2D eigenvalue weighted by Gasteiger charge is -2.07. The molecule has 17 heavy (non-hydrogen) atoms. The van der Waals surface area contributed by atoms with Crippen LogP contribution in [-0.4, -0.2) is 9.97 Å². The van der Waals surface area contributed by atoms with Crippen LogP contribution in [-0.2, 0) is 0 Å². The van der Waals surface area contributed by atoms with Gasteiger partial charge in [0, 0.05) is 5.69 Å². The maximum atomic E-state index is 13.3. The second-order valence-corrected chi connectivity index (χ2v) is 4.03. The predicted octanol–water partition coefficient (Wildman–Crippen LogP) is 2.84. The van der Waals surface area contributed by atoms with E-state index in [1.807, 2.05) is 0 Å². The highest BCUT2D eigenvalue weighted by atomic mass is 79.9. The van der Waals surface area contributed by atoms with Crippen LogP contribution in [0.1, 0.15) is 0 Å². The van der Waals surface area contributed by atoms with Gasteiger partial charge in [0.25, 0.3) is 0 Å². The summed E-state index contributed by atoms with van der Waals surface area (Å²) in [6.45, 7) is 0. The van der Waals surface area contributed by atoms with Crippen LogP contribution in [0.15, 0.2) is 28.9 Å². The molecule has 88 valence electrons. The second-order valence-electron chi connectivity index (χ2n) is 3.18. The number of benzene rings is 1. The fraction of sp³-hybridized carbons (Fsp3) is 0. The van der Waals surface area contributed by atoms with Gasteiger partial charge in [-0.05, 0) is 34.1 Å². The summed E-state index contributed by atoms with van der Waals surface area (Å²) in [6.07, 6.45) is 0.944. The highest BCUT2D eigenvalue weighted by Gasteiger charge is 2.07. The second kappa shape index (κ2) is 4.62. The number of anilines is 3. The zero-order valence-corrected chi connectivity index (χ0v) is 10.0. The third kappa shape index (κ3) is 2.68. The SMILES string of the molecule is Nc1ncc(F)c(Nc2ccc(Br)c(F)c2)n1. The maximum absolute atomic E-state index is 13.3. The van der Waals surface area contributed by atoms with Crippen molar-refractivity contribution < 1.29 is 8.78 Å². The third-order valence-corrected chi connectivity index (χ3v) is 2.59. The average Bonchev–Trinajstić information content (AvgIpc) is 2.29. The number of nitrogen functional groups attached to an aromatic ring is 1. The Labute approximate surface area is 104 Å². The predicted molar refractivity (Wildman–Crippen MR) is 63.8 cm³/mol. The lowest BCUT2D eigenvalue weighted by atomic mass is 10.3. The van der Waals surface area contributed by atoms with Crippen molar-refractivity contribution in [2.45, 2.75) is 0 Å². The largest absolute Gasteiger partial charge is 0.368 e. The summed E-state index contributed by atoms with van der Waals surface area (Å²) in [4.78, 5) is 7.15. The van der Waals surface area contributed by atoms with Crippen LogP contribution in [0.2, 0.25) is 0 Å². The first-order valence-corrected chi connectivity index (χ1v) is 5.35. The van der Waals surface area contributed by atoms with E-state index in [9.17, 15) is 8.78 Å². The minimum Gasteiger partial charge on any atom is -0.368 e. The van der Waals surface area contributed by atoms with Crippen LogP contribution in [0.5, 0.6) is 0 Å². The van der Waals surface area contributed by atoms with Crippen molar-refractivity contribution in [1.29, 1.82) is 0 Å². The summed E-state index contributed by atoms with van der Waals surface area (Å²) in [5.74, 6) is -1.29. The first-order valence-electron chi connectivity index (χ1n) is 4.56. The van der Waals surface area contributed by atoms with Gasteiger partial charge in [0.2, 0.25) is 5.95 Å². The van der Waals surface area contributed by atoms with E-state index in [-0.39, 0.29) is 11.8 Å². The van der Waals surface area contributed by atoms with Gasteiger partial charge in [-0.15, -0.1) is 0 Å². The lowest BCUT2D eigenvalue weighted by molar-refractivity contribution is 0.617. The maximum Gasteiger partial charge on any atom is 0.222 e. The molecule has 1 heterocycles. The van der Waals surface area contributed by atoms with Gasteiger partial charge >= 0.3 is 0 Å². The molecule has 0 unspecified atom stereocenters. The Balaban J connectivity index is 2.31. The van der Waals surface area contributed by atoms with Crippen LogP contribution >= 0.6 is 15.9 Å². The summed E-state index contributed by atoms with van der Waals surface area (Å²) in [7, 11) is 0. The highest BCUT2D eigenvalue weighted by Crippen LogP contribution is 2.22. The molecule has 0 fully saturated rings. The zero-order valence-electron chi connectivity index (χ0n) is 8.42. The normalized spacial score (nSPS) is 10.3. The highest BCUT2D eigenvalue weighted by molar-refractivity contribution is 9.10. The standard InChI is InChI=1S/C10H7BrF2N4/c11-6-2-1-5(3-7(6)12)16-9-8(13)4-15-10(14)17-9/h1-4H,(H3,14,15,16,17). The molecular formula is C10H7BrF2N4. The fourth-order valence-electron chi connectivity index (χ4n) is 1.18. The van der Waals surface area contributed by atoms with E-state index in [1.165, 1.54) is 12.1 Å². The van der Waals surface area contributed by atoms with Crippen molar-refractivity contribution in [1.82, 2.24) is 9.97 Å². The summed E-state index contributed by atoms with van der Waals surface area (Å²) in [6, 6.07) is 4.28. The Hall–Kier alpha value is -1.76. The van der Waals surface area contributed by atoms with Crippen LogP contribution in [0.3, 0.4) is 0 Å². The van der Waals surface area contributed by atoms with Crippen LogP contribution in [0.4, 0.5) is 26.2 Å². The summed E-state index contributed by atoms with van der Waals surface area (Å²) in [5, 5.41) is 2.61. The lowest BCUT2D eigenvalue weighted by Crippen LogP contribution is -2.02. The third-order valence-electron chi connectivity index (χ3n) is 1.95. The zero-order chi connectivity index (χ0) is 12.4. The first kappa shape index (κ1) is 11.7. The number of hydrogen-bond donors (Lipinski definition) is 2. The van der Waals surface area contributed by atoms with Crippen molar-refractivity contribution in [3.8, 4) is 0 Å². The number of nitrogens with zero attached hydrogens (tertiary/aromatic N) is 2. The number of nitrogens with two attached hydrogens (primary N) is 1. The minimum absolute atomic E-state index is 0.0634. The van der Waals surface area contributed by atoms with Gasteiger partial charge in [-0.25, -0.2) is 13.8 Å². The van der Waals surface area contributed by atoms with Gasteiger partial charge in [0.05, 0.1) is 10.7 Å². The quantitative estimate of drug-likeness (QED) is 0.895. The number of rotatable bonds is 2. The van der Waals surface area contributed by atoms with Gasteiger partial charge in [-0.1, -0.05) is 0 Å². The molecule has 1 aromatic heterocycles. The first-order chi connectivity index (χ1) is 8.06. The van der Waals surface area contributed by atoms with E-state index in [4.69, 9.17) is 5.73 Å².